The summed E-state index contributed by atoms with van der Waals surface area (Å²) in [5.41, 5.74) is 0. The molecule has 0 aromatic rings. The molecule has 1 unspecified atom stereocenters. The van der Waals surface area contributed by atoms with Crippen molar-refractivity contribution in [2.45, 2.75) is 32.2 Å². The molecule has 0 radical (unpaired) electrons. The maximum absolute atomic E-state index is 4.98. The first kappa shape index (κ1) is 12.2. The third kappa shape index (κ3) is 3.59. The second kappa shape index (κ2) is 5.75. The first-order valence-corrected chi connectivity index (χ1v) is 4.57. The van der Waals surface area contributed by atoms with Crippen LogP contribution >= 0.6 is 24.8 Å². The molecule has 1 rings (SSSR count). The Kier molecular flexibility index (Phi) is 6.35. The molecule has 1 aliphatic rings. The van der Waals surface area contributed by atoms with E-state index in [1.54, 1.807) is 0 Å². The van der Waals surface area contributed by atoms with Gasteiger partial charge in [-0.25, -0.2) is 0 Å². The van der Waals surface area contributed by atoms with Gasteiger partial charge in [-0.2, -0.15) is 0 Å². The molecule has 58 valence electrons. The van der Waals surface area contributed by atoms with Gasteiger partial charge in [0.1, 0.15) is 4.32 Å². The van der Waals surface area contributed by atoms with Crippen LogP contribution in [-0.2, 0) is 27.3 Å². The van der Waals surface area contributed by atoms with Gasteiger partial charge >= 0.3 is 27.3 Å². The Morgan fingerprint density at radius 1 is 1.55 bits per heavy atom. The zero-order valence-electron chi connectivity index (χ0n) is 6.92. The predicted molar refractivity (Wildman–Crippen MR) is 51.6 cm³/mol. The largest absolute Gasteiger partial charge is 2.00 e. The number of piperidine rings is 1. The fourth-order valence-electron chi connectivity index (χ4n) is 1.38. The van der Waals surface area contributed by atoms with E-state index in [9.17, 15) is 0 Å². The number of rotatable bonds is 0. The Morgan fingerprint density at radius 3 is 2.55 bits per heavy atom. The number of thiol groups is 1. The average molecular weight is 288 g/mol. The van der Waals surface area contributed by atoms with Crippen molar-refractivity contribution in [3.05, 3.63) is 0 Å². The fraction of sp³-hybridized carbons (Fsp3) is 0.857. The van der Waals surface area contributed by atoms with Gasteiger partial charge < -0.3 is 4.90 Å². The van der Waals surface area contributed by atoms with Gasteiger partial charge in [0.25, 0.3) is 0 Å². The van der Waals surface area contributed by atoms with Crippen LogP contribution in [0.1, 0.15) is 26.2 Å². The van der Waals surface area contributed by atoms with Crippen molar-refractivity contribution < 1.29 is 27.3 Å². The summed E-state index contributed by atoms with van der Waals surface area (Å²) < 4.78 is 0.757. The molecule has 4 heteroatoms. The van der Waals surface area contributed by atoms with E-state index in [4.69, 9.17) is 12.2 Å². The zero-order valence-corrected chi connectivity index (χ0v) is 12.7. The van der Waals surface area contributed by atoms with Crippen molar-refractivity contribution in [2.24, 2.45) is 0 Å². The summed E-state index contributed by atoms with van der Waals surface area (Å²) in [5.74, 6) is 0. The SMILES string of the molecule is CC1CCCCN1C(=S)S.[Cd+2]. The van der Waals surface area contributed by atoms with Crippen molar-refractivity contribution >= 4 is 29.2 Å². The molecule has 0 bridgehead atoms. The molecule has 0 spiro atoms. The molecule has 1 heterocycles. The van der Waals surface area contributed by atoms with Crippen LogP contribution in [0.4, 0.5) is 0 Å². The van der Waals surface area contributed by atoms with Crippen LogP contribution in [0.5, 0.6) is 0 Å². The minimum Gasteiger partial charge on any atom is -0.355 e. The second-order valence-corrected chi connectivity index (χ2v) is 3.93. The average Bonchev–Trinajstić information content (AvgIpc) is 1.88. The number of hydrogen-bond donors (Lipinski definition) is 1. The first-order valence-electron chi connectivity index (χ1n) is 3.71. The van der Waals surface area contributed by atoms with Gasteiger partial charge in [-0.15, -0.1) is 12.6 Å². The molecule has 11 heavy (non-hydrogen) atoms. The third-order valence-corrected chi connectivity index (χ3v) is 2.54. The van der Waals surface area contributed by atoms with E-state index in [0.29, 0.717) is 6.04 Å². The molecule has 0 saturated carbocycles. The van der Waals surface area contributed by atoms with Crippen molar-refractivity contribution in [1.82, 2.24) is 4.90 Å². The monoisotopic (exact) mass is 289 g/mol. The Bertz CT molecular complexity index is 140. The van der Waals surface area contributed by atoms with Gasteiger partial charge in [0.2, 0.25) is 0 Å². The third-order valence-electron chi connectivity index (χ3n) is 2.05. The number of nitrogens with zero attached hydrogens (tertiary/aromatic N) is 1. The molecule has 1 aliphatic heterocycles. The number of hydrogen-bond acceptors (Lipinski definition) is 1. The van der Waals surface area contributed by atoms with Gasteiger partial charge in [-0.1, -0.05) is 12.2 Å². The van der Waals surface area contributed by atoms with Gasteiger partial charge in [0.15, 0.2) is 0 Å². The number of thiocarbonyl (C=S) groups is 1. The van der Waals surface area contributed by atoms with E-state index in [-0.39, 0.29) is 27.3 Å². The molecule has 0 amide bonds. The van der Waals surface area contributed by atoms with Crippen molar-refractivity contribution in [1.29, 1.82) is 0 Å². The Labute approximate surface area is 99.5 Å². The van der Waals surface area contributed by atoms with E-state index in [0.717, 1.165) is 10.9 Å². The Hall–Kier alpha value is 1.16. The molecule has 1 nitrogen and oxygen atoms in total. The van der Waals surface area contributed by atoms with Gasteiger partial charge in [0, 0.05) is 12.6 Å². The normalized spacial score (nSPS) is 24.2. The minimum atomic E-state index is 0. The molecule has 0 N–H and O–H groups in total. The van der Waals surface area contributed by atoms with Crippen molar-refractivity contribution in [3.63, 3.8) is 0 Å². The van der Waals surface area contributed by atoms with Crippen molar-refractivity contribution in [3.8, 4) is 0 Å². The van der Waals surface area contributed by atoms with Gasteiger partial charge in [-0.3, -0.25) is 0 Å². The maximum Gasteiger partial charge on any atom is 2.00 e. The topological polar surface area (TPSA) is 3.24 Å². The maximum atomic E-state index is 4.98. The van der Waals surface area contributed by atoms with E-state index in [1.165, 1.54) is 19.3 Å². The van der Waals surface area contributed by atoms with Gasteiger partial charge in [-0.05, 0) is 26.2 Å². The quantitative estimate of drug-likeness (QED) is 0.413. The fourth-order valence-corrected chi connectivity index (χ4v) is 1.95. The summed E-state index contributed by atoms with van der Waals surface area (Å²) in [6.07, 6.45) is 3.87. The summed E-state index contributed by atoms with van der Waals surface area (Å²) in [6, 6.07) is 0.610. The van der Waals surface area contributed by atoms with E-state index >= 15 is 0 Å². The van der Waals surface area contributed by atoms with Crippen LogP contribution < -0.4 is 0 Å². The molecule has 1 fully saturated rings. The smallest absolute Gasteiger partial charge is 0.355 e. The van der Waals surface area contributed by atoms with Gasteiger partial charge in [0.05, 0.1) is 0 Å². The first-order chi connectivity index (χ1) is 4.72. The van der Waals surface area contributed by atoms with Crippen LogP contribution in [0.15, 0.2) is 0 Å². The minimum absolute atomic E-state index is 0. The second-order valence-electron chi connectivity index (χ2n) is 2.82. The van der Waals surface area contributed by atoms with Crippen molar-refractivity contribution in [2.75, 3.05) is 6.54 Å². The summed E-state index contributed by atoms with van der Waals surface area (Å²) in [5, 5.41) is 0. The van der Waals surface area contributed by atoms with Crippen LogP contribution in [0.2, 0.25) is 0 Å². The molecule has 0 aliphatic carbocycles. The molecule has 1 saturated heterocycles. The molecule has 1 atom stereocenters. The van der Waals surface area contributed by atoms with Crippen LogP contribution in [0.25, 0.3) is 0 Å². The Balaban J connectivity index is 0.000001000. The summed E-state index contributed by atoms with van der Waals surface area (Å²) in [6.45, 7) is 3.31. The van der Waals surface area contributed by atoms with Crippen LogP contribution in [0, 0.1) is 0 Å². The van der Waals surface area contributed by atoms with Crippen LogP contribution in [0.3, 0.4) is 0 Å². The summed E-state index contributed by atoms with van der Waals surface area (Å²) in [7, 11) is 0. The summed E-state index contributed by atoms with van der Waals surface area (Å²) >= 11 is 9.14. The predicted octanol–water partition coefficient (Wildman–Crippen LogP) is 2.07. The van der Waals surface area contributed by atoms with E-state index < -0.39 is 0 Å². The Morgan fingerprint density at radius 2 is 2.18 bits per heavy atom. The number of likely N-dealkylation sites (tertiary alicyclic amines) is 1. The zero-order chi connectivity index (χ0) is 7.56. The summed E-state index contributed by atoms with van der Waals surface area (Å²) in [4.78, 5) is 2.20. The van der Waals surface area contributed by atoms with E-state index in [2.05, 4.69) is 24.5 Å². The molecular formula is C7H13CdNS2+2. The van der Waals surface area contributed by atoms with E-state index in [1.807, 2.05) is 0 Å². The van der Waals surface area contributed by atoms with Crippen LogP contribution in [-0.4, -0.2) is 21.8 Å². The molecule has 0 aromatic carbocycles. The standard InChI is InChI=1S/C7H13NS2.Cd/c1-6-4-2-3-5-8(6)7(9)10;/h6H,2-5H2,1H3,(H,9,10);/q;+2. The molecule has 0 aromatic heterocycles. The molecular weight excluding hydrogens is 275 g/mol.